The van der Waals surface area contributed by atoms with Crippen molar-refractivity contribution in [2.45, 2.75) is 55.0 Å². The van der Waals surface area contributed by atoms with E-state index in [0.717, 1.165) is 22.1 Å². The zero-order valence-electron chi connectivity index (χ0n) is 36.0. The second-order valence-corrected chi connectivity index (χ2v) is 19.8. The lowest BCUT2D eigenvalue weighted by atomic mass is 10.1. The van der Waals surface area contributed by atoms with E-state index in [2.05, 4.69) is 195 Å². The second kappa shape index (κ2) is 17.9. The number of para-hydroxylation sites is 4. The van der Waals surface area contributed by atoms with Crippen molar-refractivity contribution >= 4 is 68.9 Å². The SMILES string of the molecule is CN1/C(=C\c2cc[n+](CCCC[N+](C)(C)CCC[N+](C)(C)CCCC[n+]3ccc(/C=C4/Sc5ccccc5N4C)c4ccccc43)c3ccccc23)Sc2ccccc21. The highest BCUT2D eigenvalue weighted by atomic mass is 32.2. The number of nitrogens with zero attached hydrogens (tertiary/aromatic N) is 6. The van der Waals surface area contributed by atoms with Gasteiger partial charge in [-0.05, 0) is 59.7 Å². The number of quaternary nitrogens is 2. The van der Waals surface area contributed by atoms with E-state index in [4.69, 9.17) is 0 Å². The van der Waals surface area contributed by atoms with E-state index in [1.165, 1.54) is 122 Å². The molecule has 6 aromatic rings. The topological polar surface area (TPSA) is 14.2 Å². The van der Waals surface area contributed by atoms with E-state index in [1.807, 2.05) is 23.5 Å². The van der Waals surface area contributed by atoms with Crippen molar-refractivity contribution < 1.29 is 18.1 Å². The lowest BCUT2D eigenvalue weighted by Gasteiger charge is -2.33. The van der Waals surface area contributed by atoms with Gasteiger partial charge in [-0.15, -0.1) is 0 Å². The summed E-state index contributed by atoms with van der Waals surface area (Å²) >= 11 is 3.72. The van der Waals surface area contributed by atoms with E-state index in [9.17, 15) is 0 Å². The third-order valence-electron chi connectivity index (χ3n) is 12.4. The van der Waals surface area contributed by atoms with Crippen LogP contribution in [0, 0.1) is 0 Å². The fourth-order valence-electron chi connectivity index (χ4n) is 8.81. The normalized spacial score (nSPS) is 15.6. The van der Waals surface area contributed by atoms with E-state index in [-0.39, 0.29) is 0 Å². The molecular formula is C51H62N6S2+4. The van der Waals surface area contributed by atoms with Crippen LogP contribution in [-0.2, 0) is 13.1 Å². The Morgan fingerprint density at radius 1 is 0.475 bits per heavy atom. The van der Waals surface area contributed by atoms with Gasteiger partial charge in [0.1, 0.15) is 13.1 Å². The van der Waals surface area contributed by atoms with Gasteiger partial charge in [-0.3, -0.25) is 0 Å². The van der Waals surface area contributed by atoms with Crippen LogP contribution in [0.1, 0.15) is 43.2 Å². The molecular weight excluding hydrogens is 761 g/mol. The summed E-state index contributed by atoms with van der Waals surface area (Å²) in [7, 11) is 14.0. The van der Waals surface area contributed by atoms with Crippen molar-refractivity contribution in [3.05, 3.63) is 143 Å². The van der Waals surface area contributed by atoms with Crippen LogP contribution >= 0.6 is 23.5 Å². The van der Waals surface area contributed by atoms with Gasteiger partial charge in [0, 0.05) is 80.3 Å². The van der Waals surface area contributed by atoms with Crippen molar-refractivity contribution in [1.29, 1.82) is 0 Å². The lowest BCUT2D eigenvalue weighted by molar-refractivity contribution is -0.909. The van der Waals surface area contributed by atoms with Gasteiger partial charge in [0.2, 0.25) is 11.0 Å². The standard InChI is InChI=1S/C51H62N6S2/c1-52-46-24-11-13-26-48(46)58-50(52)38-40-28-32-54(44-22-9-7-20-42(40)44)30-15-17-34-56(3,4)36-19-37-57(5,6)35-18-16-31-55-33-29-41(43-21-8-10-23-45(43)55)39-51-53(2)47-25-12-14-27-49(47)59-51/h7-14,20-29,32-33,38-39H,15-19,30-31,34-37H2,1-6H3/q+4. The molecule has 59 heavy (non-hydrogen) atoms. The maximum atomic E-state index is 2.46. The zero-order valence-corrected chi connectivity index (χ0v) is 37.6. The first kappa shape index (κ1) is 41.1. The molecule has 0 N–H and O–H groups in total. The summed E-state index contributed by atoms with van der Waals surface area (Å²) < 4.78 is 7.09. The molecule has 8 heteroatoms. The number of aromatic nitrogens is 2. The van der Waals surface area contributed by atoms with E-state index in [0.29, 0.717) is 0 Å². The number of benzene rings is 4. The highest BCUT2D eigenvalue weighted by molar-refractivity contribution is 8.04. The molecule has 0 aliphatic carbocycles. The molecule has 0 fully saturated rings. The van der Waals surface area contributed by atoms with Gasteiger partial charge in [0.15, 0.2) is 12.4 Å². The molecule has 0 unspecified atom stereocenters. The number of anilines is 2. The molecule has 8 rings (SSSR count). The van der Waals surface area contributed by atoms with Crippen molar-refractivity contribution in [2.24, 2.45) is 0 Å². The van der Waals surface area contributed by atoms with Crippen molar-refractivity contribution in [2.75, 3.05) is 78.3 Å². The minimum atomic E-state index is 1.05. The van der Waals surface area contributed by atoms with E-state index >= 15 is 0 Å². The predicted octanol–water partition coefficient (Wildman–Crippen LogP) is 10.5. The largest absolute Gasteiger partial charge is 0.338 e. The van der Waals surface area contributed by atoms with Crippen LogP contribution in [0.15, 0.2) is 141 Å². The van der Waals surface area contributed by atoms with Crippen LogP contribution in [0.5, 0.6) is 0 Å². The van der Waals surface area contributed by atoms with E-state index in [1.54, 1.807) is 0 Å². The van der Waals surface area contributed by atoms with Crippen LogP contribution < -0.4 is 18.9 Å². The van der Waals surface area contributed by atoms with Crippen molar-refractivity contribution in [1.82, 2.24) is 0 Å². The Kier molecular flexibility index (Phi) is 12.5. The summed E-state index contributed by atoms with van der Waals surface area (Å²) in [5, 5.41) is 5.18. The minimum absolute atomic E-state index is 1.05. The molecule has 0 radical (unpaired) electrons. The number of unbranched alkanes of at least 4 members (excludes halogenated alkanes) is 2. The Morgan fingerprint density at radius 3 is 1.31 bits per heavy atom. The van der Waals surface area contributed by atoms with Crippen LogP contribution in [-0.4, -0.2) is 77.4 Å². The number of pyridine rings is 2. The van der Waals surface area contributed by atoms with E-state index < -0.39 is 0 Å². The first-order chi connectivity index (χ1) is 28.6. The van der Waals surface area contributed by atoms with Crippen molar-refractivity contribution in [3.8, 4) is 0 Å². The number of fused-ring (bicyclic) bond motifs is 4. The molecule has 0 atom stereocenters. The first-order valence-electron chi connectivity index (χ1n) is 21.5. The maximum Gasteiger partial charge on any atom is 0.213 e. The second-order valence-electron chi connectivity index (χ2n) is 17.7. The summed E-state index contributed by atoms with van der Waals surface area (Å²) in [5.74, 6) is 0. The molecule has 4 aromatic carbocycles. The highest BCUT2D eigenvalue weighted by Gasteiger charge is 2.25. The van der Waals surface area contributed by atoms with Crippen LogP contribution in [0.4, 0.5) is 11.4 Å². The summed E-state index contributed by atoms with van der Waals surface area (Å²) in [4.78, 5) is 7.27. The quantitative estimate of drug-likeness (QED) is 0.0548. The summed E-state index contributed by atoms with van der Waals surface area (Å²) in [6, 6.07) is 39.8. The molecule has 0 bridgehead atoms. The van der Waals surface area contributed by atoms with Gasteiger partial charge in [-0.1, -0.05) is 72.1 Å². The Labute approximate surface area is 361 Å². The van der Waals surface area contributed by atoms with Crippen LogP contribution in [0.3, 0.4) is 0 Å². The fraction of sp³-hybridized carbons (Fsp3) is 0.333. The Morgan fingerprint density at radius 2 is 0.864 bits per heavy atom. The lowest BCUT2D eigenvalue weighted by Crippen LogP contribution is -2.46. The summed E-state index contributed by atoms with van der Waals surface area (Å²) in [5.41, 5.74) is 7.76. The highest BCUT2D eigenvalue weighted by Crippen LogP contribution is 2.46. The molecule has 2 aliphatic heterocycles. The number of aryl methyl sites for hydroxylation is 2. The molecule has 304 valence electrons. The summed E-state index contributed by atoms with van der Waals surface area (Å²) in [6.07, 6.45) is 15.4. The third kappa shape index (κ3) is 9.57. The molecule has 6 nitrogen and oxygen atoms in total. The number of rotatable bonds is 16. The number of hydrogen-bond donors (Lipinski definition) is 0. The van der Waals surface area contributed by atoms with Gasteiger partial charge in [-0.25, -0.2) is 0 Å². The van der Waals surface area contributed by atoms with Crippen LogP contribution in [0.2, 0.25) is 0 Å². The average Bonchev–Trinajstić information content (AvgIpc) is 3.73. The van der Waals surface area contributed by atoms with Gasteiger partial charge in [0.25, 0.3) is 0 Å². The van der Waals surface area contributed by atoms with Gasteiger partial charge < -0.3 is 18.8 Å². The maximum absolute atomic E-state index is 2.46. The first-order valence-corrected chi connectivity index (χ1v) is 23.1. The van der Waals surface area contributed by atoms with Crippen molar-refractivity contribution in [3.63, 3.8) is 0 Å². The number of hydrogen-bond acceptors (Lipinski definition) is 4. The van der Waals surface area contributed by atoms with Gasteiger partial charge >= 0.3 is 0 Å². The van der Waals surface area contributed by atoms with Gasteiger partial charge in [0.05, 0.1) is 86.6 Å². The zero-order chi connectivity index (χ0) is 41.0. The number of thioether (sulfide) groups is 2. The predicted molar refractivity (Wildman–Crippen MR) is 252 cm³/mol. The summed E-state index contributed by atoms with van der Waals surface area (Å²) in [6.45, 7) is 6.96. The van der Waals surface area contributed by atoms with Gasteiger partial charge in [-0.2, -0.15) is 9.13 Å². The average molecular weight is 823 g/mol. The molecule has 0 saturated heterocycles. The molecule has 4 heterocycles. The molecule has 2 aliphatic rings. The fourth-order valence-corrected chi connectivity index (χ4v) is 11.0. The van der Waals surface area contributed by atoms with Crippen LogP contribution in [0.25, 0.3) is 34.0 Å². The minimum Gasteiger partial charge on any atom is -0.338 e. The Bertz CT molecular complexity index is 2330. The molecule has 0 saturated carbocycles. The molecule has 2 aromatic heterocycles. The molecule has 0 spiro atoms. The Balaban J connectivity index is 0.780. The monoisotopic (exact) mass is 822 g/mol. The Hall–Kier alpha value is -4.60. The third-order valence-corrected chi connectivity index (χ3v) is 14.7. The smallest absolute Gasteiger partial charge is 0.213 e. The molecule has 0 amide bonds.